The minimum Gasteiger partial charge on any atom is -0.0616 e. The van der Waals surface area contributed by atoms with Gasteiger partial charge in [-0.2, -0.15) is 0 Å². The van der Waals surface area contributed by atoms with Gasteiger partial charge in [-0.15, -0.1) is 0 Å². The van der Waals surface area contributed by atoms with Crippen molar-refractivity contribution < 1.29 is 0 Å². The topological polar surface area (TPSA) is 0 Å². The van der Waals surface area contributed by atoms with Gasteiger partial charge in [0.1, 0.15) is 0 Å². The van der Waals surface area contributed by atoms with Crippen molar-refractivity contribution in [3.63, 3.8) is 0 Å². The average Bonchev–Trinajstić information content (AvgIpc) is 3.36. The first-order chi connectivity index (χ1) is 23.1. The van der Waals surface area contributed by atoms with Gasteiger partial charge in [-0.1, -0.05) is 141 Å². The fourth-order valence-electron chi connectivity index (χ4n) is 8.57. The Morgan fingerprint density at radius 1 is 0.340 bits per heavy atom. The summed E-state index contributed by atoms with van der Waals surface area (Å²) in [6.45, 7) is 4.82. The number of benzene rings is 9. The first-order valence-corrected chi connectivity index (χ1v) is 16.6. The van der Waals surface area contributed by atoms with Crippen LogP contribution in [0.15, 0.2) is 158 Å². The quantitative estimate of drug-likeness (QED) is 0.174. The molecule has 10 rings (SSSR count). The fraction of sp³-hybridized carbons (Fsp3) is 0.0638. The molecule has 0 amide bonds. The minimum absolute atomic E-state index is 0.116. The maximum atomic E-state index is 2.47. The number of fused-ring (bicyclic) bond motifs is 12. The van der Waals surface area contributed by atoms with E-state index in [1.54, 1.807) is 0 Å². The molecule has 0 nitrogen and oxygen atoms in total. The Kier molecular flexibility index (Phi) is 5.44. The number of hydrogen-bond acceptors (Lipinski definition) is 0. The lowest BCUT2D eigenvalue weighted by Gasteiger charge is -2.24. The fourth-order valence-corrected chi connectivity index (χ4v) is 8.57. The van der Waals surface area contributed by atoms with E-state index in [2.05, 4.69) is 172 Å². The van der Waals surface area contributed by atoms with Crippen LogP contribution in [0.3, 0.4) is 0 Å². The molecule has 9 aromatic rings. The molecule has 0 saturated heterocycles. The summed E-state index contributed by atoms with van der Waals surface area (Å²) in [7, 11) is 0. The predicted octanol–water partition coefficient (Wildman–Crippen LogP) is 13.1. The molecule has 0 unspecified atom stereocenters. The molecule has 0 aliphatic heterocycles. The van der Waals surface area contributed by atoms with Gasteiger partial charge in [0.15, 0.2) is 0 Å². The Hall–Kier alpha value is -5.72. The first-order valence-electron chi connectivity index (χ1n) is 16.6. The molecule has 0 atom stereocenters. The van der Waals surface area contributed by atoms with Gasteiger partial charge in [0.25, 0.3) is 0 Å². The Bertz CT molecular complexity index is 2760. The third-order valence-electron chi connectivity index (χ3n) is 10.8. The zero-order chi connectivity index (χ0) is 31.3. The van der Waals surface area contributed by atoms with Crippen LogP contribution in [0.4, 0.5) is 0 Å². The summed E-state index contributed by atoms with van der Waals surface area (Å²) in [5, 5.41) is 13.1. The van der Waals surface area contributed by atoms with Crippen molar-refractivity contribution in [1.29, 1.82) is 0 Å². The van der Waals surface area contributed by atoms with Crippen molar-refractivity contribution in [1.82, 2.24) is 0 Å². The molecule has 9 aromatic carbocycles. The molecule has 0 N–H and O–H groups in total. The smallest absolute Gasteiger partial charge is 0.0165 e. The van der Waals surface area contributed by atoms with E-state index >= 15 is 0 Å². The number of rotatable bonds is 2. The van der Waals surface area contributed by atoms with Gasteiger partial charge in [0.2, 0.25) is 0 Å². The van der Waals surface area contributed by atoms with Crippen LogP contribution in [0.1, 0.15) is 25.0 Å². The van der Waals surface area contributed by atoms with Crippen LogP contribution in [0, 0.1) is 0 Å². The highest BCUT2D eigenvalue weighted by molar-refractivity contribution is 6.19. The summed E-state index contributed by atoms with van der Waals surface area (Å²) >= 11 is 0. The monoisotopic (exact) mass is 596 g/mol. The maximum Gasteiger partial charge on any atom is 0.0165 e. The van der Waals surface area contributed by atoms with Crippen LogP contribution < -0.4 is 0 Å². The molecule has 220 valence electrons. The van der Waals surface area contributed by atoms with Gasteiger partial charge in [0, 0.05) is 5.41 Å². The number of hydrogen-bond donors (Lipinski definition) is 0. The summed E-state index contributed by atoms with van der Waals surface area (Å²) < 4.78 is 0. The van der Waals surface area contributed by atoms with E-state index in [9.17, 15) is 0 Å². The lowest BCUT2D eigenvalue weighted by atomic mass is 9.79. The third-order valence-corrected chi connectivity index (χ3v) is 10.8. The van der Waals surface area contributed by atoms with Gasteiger partial charge in [-0.05, 0) is 129 Å². The van der Waals surface area contributed by atoms with Crippen molar-refractivity contribution in [3.8, 4) is 33.4 Å². The lowest BCUT2D eigenvalue weighted by Crippen LogP contribution is -2.15. The van der Waals surface area contributed by atoms with Crippen LogP contribution in [0.5, 0.6) is 0 Å². The Balaban J connectivity index is 1.14. The highest BCUT2D eigenvalue weighted by Gasteiger charge is 2.38. The van der Waals surface area contributed by atoms with Crippen LogP contribution in [-0.2, 0) is 5.41 Å². The van der Waals surface area contributed by atoms with E-state index in [1.807, 2.05) is 0 Å². The molecule has 1 aliphatic carbocycles. The summed E-state index contributed by atoms with van der Waals surface area (Å²) in [6, 6.07) is 58.8. The highest BCUT2D eigenvalue weighted by Crippen LogP contribution is 2.55. The predicted molar refractivity (Wildman–Crippen MR) is 202 cm³/mol. The summed E-state index contributed by atoms with van der Waals surface area (Å²) in [4.78, 5) is 0. The van der Waals surface area contributed by atoms with Crippen LogP contribution in [0.2, 0.25) is 0 Å². The molecule has 0 heterocycles. The molecule has 1 aliphatic rings. The molecule has 0 saturated carbocycles. The molecule has 0 heteroatoms. The molecule has 0 radical (unpaired) electrons. The van der Waals surface area contributed by atoms with E-state index in [0.29, 0.717) is 0 Å². The van der Waals surface area contributed by atoms with E-state index in [-0.39, 0.29) is 5.41 Å². The van der Waals surface area contributed by atoms with Crippen LogP contribution >= 0.6 is 0 Å². The molecule has 47 heavy (non-hydrogen) atoms. The zero-order valence-corrected chi connectivity index (χ0v) is 26.5. The van der Waals surface area contributed by atoms with E-state index < -0.39 is 0 Å². The lowest BCUT2D eigenvalue weighted by molar-refractivity contribution is 0.667. The Morgan fingerprint density at radius 3 is 1.70 bits per heavy atom. The zero-order valence-electron chi connectivity index (χ0n) is 26.5. The molecule has 0 fully saturated rings. The first kappa shape index (κ1) is 26.5. The summed E-state index contributed by atoms with van der Waals surface area (Å²) in [6.07, 6.45) is 0. The van der Waals surface area contributed by atoms with Crippen molar-refractivity contribution >= 4 is 53.9 Å². The van der Waals surface area contributed by atoms with Crippen LogP contribution in [0.25, 0.3) is 87.2 Å². The Morgan fingerprint density at radius 2 is 0.915 bits per heavy atom. The van der Waals surface area contributed by atoms with Gasteiger partial charge < -0.3 is 0 Å². The van der Waals surface area contributed by atoms with E-state index in [4.69, 9.17) is 0 Å². The molecular formula is C47H32. The minimum atomic E-state index is -0.116. The Labute approximate surface area is 274 Å². The normalized spacial score (nSPS) is 13.5. The van der Waals surface area contributed by atoms with Crippen molar-refractivity contribution in [2.24, 2.45) is 0 Å². The van der Waals surface area contributed by atoms with Crippen molar-refractivity contribution in [3.05, 3.63) is 169 Å². The largest absolute Gasteiger partial charge is 0.0616 e. The van der Waals surface area contributed by atoms with E-state index in [0.717, 1.165) is 0 Å². The standard InChI is InChI=1S/C47H32/c1-47(2)44-28-34-25-30(29-13-11-14-32(24-29)42-27-33-12-3-4-15-35(33)36-16-5-6-19-39(36)42)22-23-31(34)26-43(44)45-40-20-9-7-17-37(40)38-18-8-10-21-41(38)46(45)47/h3-28H,1-2H3. The SMILES string of the molecule is CC1(C)c2cc3cc(-c4cccc(-c5cc6ccccc6c6ccccc56)c4)ccc3cc2-c2c1c1ccccc1c1ccccc21. The maximum absolute atomic E-state index is 2.47. The second kappa shape index (κ2) is 9.64. The second-order valence-corrected chi connectivity index (χ2v) is 13.7. The highest BCUT2D eigenvalue weighted by atomic mass is 14.4. The third kappa shape index (κ3) is 3.76. The summed E-state index contributed by atoms with van der Waals surface area (Å²) in [5.41, 5.74) is 10.5. The van der Waals surface area contributed by atoms with Crippen LogP contribution in [-0.4, -0.2) is 0 Å². The van der Waals surface area contributed by atoms with Crippen molar-refractivity contribution in [2.45, 2.75) is 19.3 Å². The molecule has 0 aromatic heterocycles. The second-order valence-electron chi connectivity index (χ2n) is 13.7. The summed E-state index contributed by atoms with van der Waals surface area (Å²) in [5.74, 6) is 0. The van der Waals surface area contributed by atoms with E-state index in [1.165, 1.54) is 98.4 Å². The van der Waals surface area contributed by atoms with Gasteiger partial charge in [0.05, 0.1) is 0 Å². The molecule has 0 spiro atoms. The van der Waals surface area contributed by atoms with Gasteiger partial charge >= 0.3 is 0 Å². The molecule has 0 bridgehead atoms. The van der Waals surface area contributed by atoms with Gasteiger partial charge in [-0.25, -0.2) is 0 Å². The van der Waals surface area contributed by atoms with Gasteiger partial charge in [-0.3, -0.25) is 0 Å². The average molecular weight is 597 g/mol. The van der Waals surface area contributed by atoms with Crippen molar-refractivity contribution in [2.75, 3.05) is 0 Å². The molecular weight excluding hydrogens is 565 g/mol.